The molecule has 0 aliphatic rings. The van der Waals surface area contributed by atoms with Gasteiger partial charge in [-0.2, -0.15) is 0 Å². The zero-order valence-corrected chi connectivity index (χ0v) is 15.2. The van der Waals surface area contributed by atoms with E-state index in [0.717, 1.165) is 37.7 Å². The van der Waals surface area contributed by atoms with Crippen LogP contribution >= 0.6 is 0 Å². The van der Waals surface area contributed by atoms with E-state index in [1.54, 1.807) is 19.2 Å². The lowest BCUT2D eigenvalue weighted by Gasteiger charge is -2.12. The van der Waals surface area contributed by atoms with Gasteiger partial charge in [0.15, 0.2) is 11.7 Å². The van der Waals surface area contributed by atoms with Gasteiger partial charge in [-0.05, 0) is 43.2 Å². The number of hydrogen-bond donors (Lipinski definition) is 3. The summed E-state index contributed by atoms with van der Waals surface area (Å²) >= 11 is 0. The zero-order valence-electron chi connectivity index (χ0n) is 15.2. The van der Waals surface area contributed by atoms with Crippen LogP contribution in [0.1, 0.15) is 29.5 Å². The molecule has 2 aromatic rings. The Balaban J connectivity index is 1.81. The number of rotatable bonds is 9. The van der Waals surface area contributed by atoms with E-state index < -0.39 is 0 Å². The summed E-state index contributed by atoms with van der Waals surface area (Å²) in [7, 11) is 1.73. The van der Waals surface area contributed by atoms with Crippen molar-refractivity contribution in [2.24, 2.45) is 4.99 Å². The average Bonchev–Trinajstić information content (AvgIpc) is 3.19. The first kappa shape index (κ1) is 19.5. The van der Waals surface area contributed by atoms with Gasteiger partial charge in [-0.15, -0.1) is 0 Å². The molecule has 140 valence electrons. The maximum Gasteiger partial charge on any atom is 0.291 e. The Morgan fingerprint density at radius 3 is 2.85 bits per heavy atom. The second kappa shape index (κ2) is 10.9. The van der Waals surface area contributed by atoms with E-state index in [1.165, 1.54) is 6.26 Å². The van der Waals surface area contributed by atoms with Gasteiger partial charge < -0.3 is 25.1 Å². The Kier molecular flexibility index (Phi) is 8.21. The summed E-state index contributed by atoms with van der Waals surface area (Å²) in [5.41, 5.74) is 1.74. The summed E-state index contributed by atoms with van der Waals surface area (Å²) < 4.78 is 10.4. The number of amides is 1. The first-order valence-corrected chi connectivity index (χ1v) is 8.69. The van der Waals surface area contributed by atoms with E-state index in [9.17, 15) is 4.79 Å². The first-order chi connectivity index (χ1) is 12.7. The van der Waals surface area contributed by atoms with Crippen LogP contribution in [0.2, 0.25) is 0 Å². The maximum atomic E-state index is 12.0. The molecule has 0 saturated heterocycles. The number of guanidine groups is 1. The van der Waals surface area contributed by atoms with E-state index in [1.807, 2.05) is 31.2 Å². The van der Waals surface area contributed by atoms with Crippen LogP contribution in [0.25, 0.3) is 0 Å². The van der Waals surface area contributed by atoms with Crippen LogP contribution in [0.5, 0.6) is 0 Å². The Morgan fingerprint density at radius 2 is 2.12 bits per heavy atom. The minimum Gasteiger partial charge on any atom is -0.459 e. The first-order valence-electron chi connectivity index (χ1n) is 8.69. The van der Waals surface area contributed by atoms with Crippen molar-refractivity contribution in [1.29, 1.82) is 0 Å². The van der Waals surface area contributed by atoms with Gasteiger partial charge >= 0.3 is 0 Å². The highest BCUT2D eigenvalue weighted by Gasteiger charge is 2.08. The molecule has 26 heavy (non-hydrogen) atoms. The van der Waals surface area contributed by atoms with Gasteiger partial charge in [0.25, 0.3) is 5.91 Å². The van der Waals surface area contributed by atoms with Crippen LogP contribution in [0.3, 0.4) is 0 Å². The topological polar surface area (TPSA) is 87.9 Å². The monoisotopic (exact) mass is 358 g/mol. The number of aliphatic imine (C=N–C) groups is 1. The molecule has 2 rings (SSSR count). The summed E-state index contributed by atoms with van der Waals surface area (Å²) in [6.07, 6.45) is 2.39. The molecular weight excluding hydrogens is 332 g/mol. The number of nitrogens with zero attached hydrogens (tertiary/aromatic N) is 1. The molecule has 0 aliphatic carbocycles. The molecule has 0 bridgehead atoms. The highest BCUT2D eigenvalue weighted by molar-refractivity contribution is 6.02. The van der Waals surface area contributed by atoms with Gasteiger partial charge in [-0.25, -0.2) is 0 Å². The number of carbonyl (C=O) groups excluding carboxylic acids is 1. The molecule has 1 aromatic carbocycles. The lowest BCUT2D eigenvalue weighted by Crippen LogP contribution is -2.37. The average molecular weight is 358 g/mol. The van der Waals surface area contributed by atoms with Crippen molar-refractivity contribution in [2.75, 3.05) is 32.1 Å². The second-order valence-electron chi connectivity index (χ2n) is 5.53. The molecule has 0 atom stereocenters. The molecule has 0 radical (unpaired) electrons. The number of furan rings is 1. The normalized spacial score (nSPS) is 11.2. The lowest BCUT2D eigenvalue weighted by atomic mass is 10.2. The minimum atomic E-state index is -0.271. The second-order valence-corrected chi connectivity index (χ2v) is 5.53. The quantitative estimate of drug-likeness (QED) is 0.364. The highest BCUT2D eigenvalue weighted by atomic mass is 16.5. The van der Waals surface area contributed by atoms with E-state index >= 15 is 0 Å². The van der Waals surface area contributed by atoms with Crippen LogP contribution in [-0.2, 0) is 11.3 Å². The molecule has 0 saturated carbocycles. The fraction of sp³-hybridized carbons (Fsp3) is 0.368. The molecule has 1 heterocycles. The molecule has 0 unspecified atom stereocenters. The van der Waals surface area contributed by atoms with Crippen molar-refractivity contribution < 1.29 is 13.9 Å². The standard InChI is InChI=1S/C19H26N4O3/c1-3-25-11-6-10-21-19(20-2)22-14-15-7-4-8-16(13-15)23-18(24)17-9-5-12-26-17/h4-5,7-9,12-13H,3,6,10-11,14H2,1-2H3,(H,23,24)(H2,20,21,22). The molecule has 0 spiro atoms. The number of hydrogen-bond acceptors (Lipinski definition) is 4. The highest BCUT2D eigenvalue weighted by Crippen LogP contribution is 2.12. The number of benzene rings is 1. The van der Waals surface area contributed by atoms with Crippen molar-refractivity contribution in [3.8, 4) is 0 Å². The van der Waals surface area contributed by atoms with Gasteiger partial charge in [-0.3, -0.25) is 9.79 Å². The molecule has 0 aliphatic heterocycles. The van der Waals surface area contributed by atoms with Crippen molar-refractivity contribution in [3.05, 3.63) is 54.0 Å². The van der Waals surface area contributed by atoms with Crippen molar-refractivity contribution in [2.45, 2.75) is 19.9 Å². The molecule has 7 nitrogen and oxygen atoms in total. The fourth-order valence-corrected chi connectivity index (χ4v) is 2.29. The summed E-state index contributed by atoms with van der Waals surface area (Å²) in [6.45, 7) is 4.84. The SMILES string of the molecule is CCOCCCNC(=NC)NCc1cccc(NC(=O)c2ccco2)c1. The van der Waals surface area contributed by atoms with Crippen LogP contribution in [0.15, 0.2) is 52.1 Å². The largest absolute Gasteiger partial charge is 0.459 e. The van der Waals surface area contributed by atoms with Gasteiger partial charge in [0.2, 0.25) is 0 Å². The van der Waals surface area contributed by atoms with Crippen LogP contribution in [0, 0.1) is 0 Å². The molecule has 0 fully saturated rings. The molecule has 1 amide bonds. The van der Waals surface area contributed by atoms with Gasteiger partial charge in [0.05, 0.1) is 6.26 Å². The maximum absolute atomic E-state index is 12.0. The summed E-state index contributed by atoms with van der Waals surface area (Å²) in [5, 5.41) is 9.31. The van der Waals surface area contributed by atoms with Gasteiger partial charge in [0, 0.05) is 39.0 Å². The van der Waals surface area contributed by atoms with Crippen LogP contribution < -0.4 is 16.0 Å². The molecule has 7 heteroatoms. The summed E-state index contributed by atoms with van der Waals surface area (Å²) in [6, 6.07) is 10.9. The lowest BCUT2D eigenvalue weighted by molar-refractivity contribution is 0.0996. The molecule has 3 N–H and O–H groups in total. The minimum absolute atomic E-state index is 0.271. The fourth-order valence-electron chi connectivity index (χ4n) is 2.29. The van der Waals surface area contributed by atoms with Gasteiger partial charge in [-0.1, -0.05) is 12.1 Å². The predicted molar refractivity (Wildman–Crippen MR) is 102 cm³/mol. The van der Waals surface area contributed by atoms with E-state index in [4.69, 9.17) is 9.15 Å². The van der Waals surface area contributed by atoms with Crippen molar-refractivity contribution in [3.63, 3.8) is 0 Å². The summed E-state index contributed by atoms with van der Waals surface area (Å²) in [4.78, 5) is 16.2. The number of ether oxygens (including phenoxy) is 1. The summed E-state index contributed by atoms with van der Waals surface area (Å²) in [5.74, 6) is 0.739. The van der Waals surface area contributed by atoms with E-state index in [2.05, 4.69) is 20.9 Å². The van der Waals surface area contributed by atoms with Crippen molar-refractivity contribution in [1.82, 2.24) is 10.6 Å². The van der Waals surface area contributed by atoms with Crippen LogP contribution in [-0.4, -0.2) is 38.7 Å². The molecule has 1 aromatic heterocycles. The third-order valence-electron chi connectivity index (χ3n) is 3.58. The number of carbonyl (C=O) groups is 1. The zero-order chi connectivity index (χ0) is 18.6. The number of nitrogens with one attached hydrogen (secondary N) is 3. The number of anilines is 1. The third kappa shape index (κ3) is 6.60. The van der Waals surface area contributed by atoms with E-state index in [-0.39, 0.29) is 11.7 Å². The third-order valence-corrected chi connectivity index (χ3v) is 3.58. The van der Waals surface area contributed by atoms with Gasteiger partial charge in [0.1, 0.15) is 0 Å². The Bertz CT molecular complexity index is 699. The smallest absolute Gasteiger partial charge is 0.291 e. The Morgan fingerprint density at radius 1 is 1.23 bits per heavy atom. The Hall–Kier alpha value is -2.80. The predicted octanol–water partition coefficient (Wildman–Crippen LogP) is 2.62. The van der Waals surface area contributed by atoms with E-state index in [0.29, 0.717) is 12.2 Å². The Labute approximate surface area is 153 Å². The molecular formula is C19H26N4O3. The van der Waals surface area contributed by atoms with Crippen LogP contribution in [0.4, 0.5) is 5.69 Å². The van der Waals surface area contributed by atoms with Crippen molar-refractivity contribution >= 4 is 17.6 Å².